The van der Waals surface area contributed by atoms with Gasteiger partial charge in [-0.3, -0.25) is 9.59 Å². The fourth-order valence-electron chi connectivity index (χ4n) is 1.72. The van der Waals surface area contributed by atoms with E-state index in [1.54, 1.807) is 55.8 Å². The fourth-order valence-corrected chi connectivity index (χ4v) is 2.34. The zero-order valence-electron chi connectivity index (χ0n) is 12.6. The largest absolute Gasteiger partial charge is 0.497 e. The molecule has 1 aromatic heterocycles. The molecule has 0 spiro atoms. The number of rotatable bonds is 7. The van der Waals surface area contributed by atoms with E-state index in [1.165, 1.54) is 11.8 Å². The summed E-state index contributed by atoms with van der Waals surface area (Å²) in [5.41, 5.74) is 0.689. The van der Waals surface area contributed by atoms with Crippen molar-refractivity contribution in [1.82, 2.24) is 4.98 Å². The molecule has 0 unspecified atom stereocenters. The molecule has 0 saturated heterocycles. The Balaban J connectivity index is 1.68. The number of carbonyl (C=O) groups is 2. The van der Waals surface area contributed by atoms with Crippen molar-refractivity contribution >= 4 is 35.1 Å². The van der Waals surface area contributed by atoms with Gasteiger partial charge in [-0.15, -0.1) is 11.8 Å². The number of nitrogens with zero attached hydrogens (tertiary/aromatic N) is 1. The third-order valence-corrected chi connectivity index (χ3v) is 3.71. The van der Waals surface area contributed by atoms with E-state index < -0.39 is 0 Å². The Kier molecular flexibility index (Phi) is 6.43. The molecule has 0 aliphatic carbocycles. The van der Waals surface area contributed by atoms with Gasteiger partial charge in [0.15, 0.2) is 0 Å². The van der Waals surface area contributed by atoms with Crippen molar-refractivity contribution in [3.63, 3.8) is 0 Å². The van der Waals surface area contributed by atoms with Gasteiger partial charge in [-0.05, 0) is 36.4 Å². The van der Waals surface area contributed by atoms with Crippen LogP contribution in [0, 0.1) is 0 Å². The zero-order valence-corrected chi connectivity index (χ0v) is 13.4. The molecule has 6 nitrogen and oxygen atoms in total. The van der Waals surface area contributed by atoms with Crippen LogP contribution in [0.3, 0.4) is 0 Å². The van der Waals surface area contributed by atoms with Gasteiger partial charge in [0.1, 0.15) is 11.6 Å². The molecule has 1 heterocycles. The number of amides is 2. The maximum Gasteiger partial charge on any atom is 0.235 e. The number of methoxy groups -OCH3 is 1. The molecule has 0 aliphatic rings. The van der Waals surface area contributed by atoms with Gasteiger partial charge in [0.05, 0.1) is 18.6 Å². The minimum Gasteiger partial charge on any atom is -0.497 e. The standard InChI is InChI=1S/C16H17N3O3S/c1-22-13-7-5-12(6-8-13)18-15(20)10-23-11-16(21)19-14-4-2-3-9-17-14/h2-9H,10-11H2,1H3,(H,18,20)(H,17,19,21). The Hall–Kier alpha value is -2.54. The second kappa shape index (κ2) is 8.79. The van der Waals surface area contributed by atoms with E-state index in [1.807, 2.05) is 0 Å². The van der Waals surface area contributed by atoms with Gasteiger partial charge in [0.25, 0.3) is 0 Å². The molecule has 0 aliphatic heterocycles. The first-order valence-electron chi connectivity index (χ1n) is 6.90. The first-order valence-corrected chi connectivity index (χ1v) is 8.05. The Morgan fingerprint density at radius 3 is 2.35 bits per heavy atom. The Morgan fingerprint density at radius 2 is 1.74 bits per heavy atom. The molecule has 0 radical (unpaired) electrons. The van der Waals surface area contributed by atoms with E-state index in [0.717, 1.165) is 5.75 Å². The summed E-state index contributed by atoms with van der Waals surface area (Å²) < 4.78 is 5.05. The number of aromatic nitrogens is 1. The molecule has 2 amide bonds. The van der Waals surface area contributed by atoms with Crippen LogP contribution in [0.4, 0.5) is 11.5 Å². The molecule has 0 atom stereocenters. The lowest BCUT2D eigenvalue weighted by Gasteiger charge is -2.06. The van der Waals surface area contributed by atoms with Gasteiger partial charge < -0.3 is 15.4 Å². The van der Waals surface area contributed by atoms with E-state index in [0.29, 0.717) is 11.5 Å². The maximum atomic E-state index is 11.8. The minimum absolute atomic E-state index is 0.161. The number of anilines is 2. The zero-order chi connectivity index (χ0) is 16.5. The highest BCUT2D eigenvalue weighted by molar-refractivity contribution is 8.00. The molecule has 1 aromatic carbocycles. The molecule has 0 fully saturated rings. The van der Waals surface area contributed by atoms with Crippen LogP contribution in [0.2, 0.25) is 0 Å². The Morgan fingerprint density at radius 1 is 1.04 bits per heavy atom. The predicted octanol–water partition coefficient (Wildman–Crippen LogP) is 2.40. The second-order valence-electron chi connectivity index (χ2n) is 4.53. The molecule has 0 saturated carbocycles. The summed E-state index contributed by atoms with van der Waals surface area (Å²) in [5.74, 6) is 1.26. The number of benzene rings is 1. The summed E-state index contributed by atoms with van der Waals surface area (Å²) >= 11 is 1.24. The van der Waals surface area contributed by atoms with Crippen molar-refractivity contribution in [3.05, 3.63) is 48.7 Å². The molecule has 23 heavy (non-hydrogen) atoms. The van der Waals surface area contributed by atoms with E-state index in [9.17, 15) is 9.59 Å². The van der Waals surface area contributed by atoms with Crippen LogP contribution >= 0.6 is 11.8 Å². The molecule has 7 heteroatoms. The third-order valence-electron chi connectivity index (χ3n) is 2.77. The van der Waals surface area contributed by atoms with Crippen LogP contribution < -0.4 is 15.4 Å². The number of hydrogen-bond donors (Lipinski definition) is 2. The monoisotopic (exact) mass is 331 g/mol. The smallest absolute Gasteiger partial charge is 0.235 e. The minimum atomic E-state index is -0.189. The van der Waals surface area contributed by atoms with E-state index in [2.05, 4.69) is 15.6 Å². The van der Waals surface area contributed by atoms with Crippen LogP contribution in [0.25, 0.3) is 0 Å². The number of pyridine rings is 1. The average Bonchev–Trinajstić information content (AvgIpc) is 2.56. The number of hydrogen-bond acceptors (Lipinski definition) is 5. The van der Waals surface area contributed by atoms with Gasteiger partial charge in [0, 0.05) is 11.9 Å². The lowest BCUT2D eigenvalue weighted by atomic mass is 10.3. The van der Waals surface area contributed by atoms with Crippen LogP contribution in [0.5, 0.6) is 5.75 Å². The predicted molar refractivity (Wildman–Crippen MR) is 91.8 cm³/mol. The molecule has 2 N–H and O–H groups in total. The second-order valence-corrected chi connectivity index (χ2v) is 5.52. The summed E-state index contributed by atoms with van der Waals surface area (Å²) in [6, 6.07) is 12.3. The molecule has 0 bridgehead atoms. The first kappa shape index (κ1) is 16.8. The summed E-state index contributed by atoms with van der Waals surface area (Å²) in [6.45, 7) is 0. The summed E-state index contributed by atoms with van der Waals surface area (Å²) in [6.07, 6.45) is 1.60. The van der Waals surface area contributed by atoms with Crippen molar-refractivity contribution in [2.45, 2.75) is 0 Å². The Labute approximate surface area is 138 Å². The highest BCUT2D eigenvalue weighted by Gasteiger charge is 2.07. The van der Waals surface area contributed by atoms with Crippen LogP contribution in [0.1, 0.15) is 0 Å². The van der Waals surface area contributed by atoms with E-state index in [4.69, 9.17) is 4.74 Å². The third kappa shape index (κ3) is 5.99. The molecular weight excluding hydrogens is 314 g/mol. The van der Waals surface area contributed by atoms with Gasteiger partial charge in [-0.1, -0.05) is 6.07 Å². The number of ether oxygens (including phenoxy) is 1. The van der Waals surface area contributed by atoms with Gasteiger partial charge in [0.2, 0.25) is 11.8 Å². The van der Waals surface area contributed by atoms with E-state index in [-0.39, 0.29) is 23.3 Å². The maximum absolute atomic E-state index is 11.8. The fraction of sp³-hybridized carbons (Fsp3) is 0.188. The van der Waals surface area contributed by atoms with Crippen molar-refractivity contribution in [3.8, 4) is 5.75 Å². The van der Waals surface area contributed by atoms with Crippen LogP contribution in [-0.2, 0) is 9.59 Å². The highest BCUT2D eigenvalue weighted by Crippen LogP contribution is 2.15. The summed E-state index contributed by atoms with van der Waals surface area (Å²) in [4.78, 5) is 27.5. The summed E-state index contributed by atoms with van der Waals surface area (Å²) in [5, 5.41) is 5.42. The number of nitrogens with one attached hydrogen (secondary N) is 2. The number of carbonyl (C=O) groups excluding carboxylic acids is 2. The lowest BCUT2D eigenvalue weighted by molar-refractivity contribution is -0.114. The molecule has 2 rings (SSSR count). The first-order chi connectivity index (χ1) is 11.2. The molecule has 2 aromatic rings. The summed E-state index contributed by atoms with van der Waals surface area (Å²) in [7, 11) is 1.58. The number of thioether (sulfide) groups is 1. The SMILES string of the molecule is COc1ccc(NC(=O)CSCC(=O)Nc2ccccn2)cc1. The van der Waals surface area contributed by atoms with Gasteiger partial charge >= 0.3 is 0 Å². The normalized spacial score (nSPS) is 9.96. The van der Waals surface area contributed by atoms with Crippen molar-refractivity contribution in [1.29, 1.82) is 0 Å². The van der Waals surface area contributed by atoms with Crippen LogP contribution in [0.15, 0.2) is 48.7 Å². The molecular formula is C16H17N3O3S. The van der Waals surface area contributed by atoms with E-state index >= 15 is 0 Å². The van der Waals surface area contributed by atoms with Gasteiger partial charge in [-0.2, -0.15) is 0 Å². The highest BCUT2D eigenvalue weighted by atomic mass is 32.2. The average molecular weight is 331 g/mol. The van der Waals surface area contributed by atoms with Gasteiger partial charge in [-0.25, -0.2) is 4.98 Å². The van der Waals surface area contributed by atoms with Crippen molar-refractivity contribution in [2.75, 3.05) is 29.2 Å². The van der Waals surface area contributed by atoms with Crippen LogP contribution in [-0.4, -0.2) is 35.4 Å². The van der Waals surface area contributed by atoms with Crippen molar-refractivity contribution < 1.29 is 14.3 Å². The Bertz CT molecular complexity index is 647. The molecule has 120 valence electrons. The quantitative estimate of drug-likeness (QED) is 0.814. The lowest BCUT2D eigenvalue weighted by Crippen LogP contribution is -2.18. The topological polar surface area (TPSA) is 80.3 Å². The van der Waals surface area contributed by atoms with Crippen molar-refractivity contribution in [2.24, 2.45) is 0 Å².